The van der Waals surface area contributed by atoms with Crippen molar-refractivity contribution >= 4 is 42.3 Å². The van der Waals surface area contributed by atoms with Crippen LogP contribution in [-0.4, -0.2) is 52.9 Å². The molecule has 1 aromatic carbocycles. The Morgan fingerprint density at radius 3 is 2.65 bits per heavy atom. The molecule has 3 N–H and O–H groups in total. The highest BCUT2D eigenvalue weighted by Crippen LogP contribution is 2.27. The molecule has 0 spiro atoms. The molecule has 0 heterocycles. The molecule has 1 aromatic rings. The van der Waals surface area contributed by atoms with Crippen molar-refractivity contribution in [1.29, 1.82) is 0 Å². The molecule has 140 valence electrons. The molecule has 26 heavy (non-hydrogen) atoms. The van der Waals surface area contributed by atoms with Crippen LogP contribution in [0.5, 0.6) is 0 Å². The standard InChI is InChI=1S/C16H19BCl2N2O5/c1-2-16(23)21(12-5-6-12)9-14(22)20-15(26-17(24)25)7-10-3-4-11(18)8-13(10)19/h2-4,8,12,15,24-25H,1,5-7,9H2,(H,20,22)/t15-/m1/s1. The largest absolute Gasteiger partial charge is 0.635 e. The zero-order valence-electron chi connectivity index (χ0n) is 13.9. The monoisotopic (exact) mass is 400 g/mol. The van der Waals surface area contributed by atoms with E-state index in [1.165, 1.54) is 11.0 Å². The minimum absolute atomic E-state index is 0.0276. The van der Waals surface area contributed by atoms with Crippen molar-refractivity contribution in [3.05, 3.63) is 46.5 Å². The van der Waals surface area contributed by atoms with E-state index in [4.69, 9.17) is 37.9 Å². The van der Waals surface area contributed by atoms with Crippen LogP contribution in [0.25, 0.3) is 0 Å². The van der Waals surface area contributed by atoms with Gasteiger partial charge in [-0.3, -0.25) is 9.59 Å². The van der Waals surface area contributed by atoms with E-state index in [9.17, 15) is 9.59 Å². The molecule has 1 atom stereocenters. The van der Waals surface area contributed by atoms with Gasteiger partial charge in [0, 0.05) is 22.5 Å². The summed E-state index contributed by atoms with van der Waals surface area (Å²) in [5, 5.41) is 21.5. The van der Waals surface area contributed by atoms with Crippen LogP contribution in [0.4, 0.5) is 0 Å². The van der Waals surface area contributed by atoms with Gasteiger partial charge in [0.1, 0.15) is 12.8 Å². The van der Waals surface area contributed by atoms with Crippen molar-refractivity contribution in [2.75, 3.05) is 6.54 Å². The summed E-state index contributed by atoms with van der Waals surface area (Å²) in [4.78, 5) is 25.6. The Kier molecular flexibility index (Phi) is 7.49. The smallest absolute Gasteiger partial charge is 0.402 e. The minimum Gasteiger partial charge on any atom is -0.402 e. The van der Waals surface area contributed by atoms with Gasteiger partial charge >= 0.3 is 7.32 Å². The molecule has 0 unspecified atom stereocenters. The van der Waals surface area contributed by atoms with Gasteiger partial charge in [-0.15, -0.1) is 0 Å². The number of hydrogen-bond donors (Lipinski definition) is 3. The van der Waals surface area contributed by atoms with E-state index in [-0.39, 0.29) is 24.9 Å². The van der Waals surface area contributed by atoms with E-state index in [1.807, 2.05) is 0 Å². The summed E-state index contributed by atoms with van der Waals surface area (Å²) in [5.74, 6) is -0.828. The maximum atomic E-state index is 12.3. The van der Waals surface area contributed by atoms with Gasteiger partial charge in [0.15, 0.2) is 0 Å². The zero-order valence-corrected chi connectivity index (χ0v) is 15.4. The quantitative estimate of drug-likeness (QED) is 0.328. The van der Waals surface area contributed by atoms with Crippen LogP contribution < -0.4 is 5.32 Å². The number of carbonyl (C=O) groups excluding carboxylic acids is 2. The average molecular weight is 401 g/mol. The number of rotatable bonds is 9. The van der Waals surface area contributed by atoms with Crippen molar-refractivity contribution in [3.63, 3.8) is 0 Å². The molecule has 0 saturated heterocycles. The van der Waals surface area contributed by atoms with Gasteiger partial charge in [0.05, 0.1) is 0 Å². The first kappa shape index (κ1) is 20.7. The molecule has 0 aliphatic heterocycles. The fourth-order valence-electron chi connectivity index (χ4n) is 2.44. The number of nitrogens with zero attached hydrogens (tertiary/aromatic N) is 1. The number of halogens is 2. The van der Waals surface area contributed by atoms with Crippen LogP contribution in [0.3, 0.4) is 0 Å². The normalized spacial score (nSPS) is 14.5. The Bertz CT molecular complexity index is 685. The lowest BCUT2D eigenvalue weighted by Crippen LogP contribution is -2.47. The molecule has 0 bridgehead atoms. The Balaban J connectivity index is 2.02. The zero-order chi connectivity index (χ0) is 19.3. The molecule has 1 fully saturated rings. The molecule has 1 saturated carbocycles. The van der Waals surface area contributed by atoms with Gasteiger partial charge in [-0.25, -0.2) is 0 Å². The number of carbonyl (C=O) groups is 2. The summed E-state index contributed by atoms with van der Waals surface area (Å²) < 4.78 is 4.92. The van der Waals surface area contributed by atoms with Gasteiger partial charge in [-0.05, 0) is 36.6 Å². The fraction of sp³-hybridized carbons (Fsp3) is 0.375. The molecule has 2 amide bonds. The van der Waals surface area contributed by atoms with E-state index in [0.717, 1.165) is 18.9 Å². The molecular weight excluding hydrogens is 382 g/mol. The summed E-state index contributed by atoms with van der Waals surface area (Å²) in [6.07, 6.45) is 1.86. The molecule has 7 nitrogen and oxygen atoms in total. The van der Waals surface area contributed by atoms with Crippen LogP contribution in [0, 0.1) is 0 Å². The predicted octanol–water partition coefficient (Wildman–Crippen LogP) is 1.14. The molecule has 0 aromatic heterocycles. The molecule has 1 aliphatic rings. The minimum atomic E-state index is -2.08. The van der Waals surface area contributed by atoms with Crippen molar-refractivity contribution in [2.24, 2.45) is 0 Å². The lowest BCUT2D eigenvalue weighted by Gasteiger charge is -2.24. The van der Waals surface area contributed by atoms with Gasteiger partial charge in [-0.1, -0.05) is 35.8 Å². The van der Waals surface area contributed by atoms with Gasteiger partial charge in [0.25, 0.3) is 0 Å². The number of benzene rings is 1. The summed E-state index contributed by atoms with van der Waals surface area (Å²) in [7, 11) is -2.08. The molecule has 1 aliphatic carbocycles. The van der Waals surface area contributed by atoms with E-state index in [1.54, 1.807) is 12.1 Å². The van der Waals surface area contributed by atoms with Crippen LogP contribution in [0.2, 0.25) is 10.0 Å². The van der Waals surface area contributed by atoms with Gasteiger partial charge in [-0.2, -0.15) is 0 Å². The summed E-state index contributed by atoms with van der Waals surface area (Å²) in [6, 6.07) is 4.83. The maximum absolute atomic E-state index is 12.3. The molecule has 0 radical (unpaired) electrons. The Morgan fingerprint density at radius 2 is 2.12 bits per heavy atom. The van der Waals surface area contributed by atoms with Gasteiger partial charge < -0.3 is 24.9 Å². The highest BCUT2D eigenvalue weighted by atomic mass is 35.5. The SMILES string of the molecule is C=CC(=O)N(CC(=O)N[C@@H](Cc1ccc(Cl)cc1Cl)OB(O)O)C1CC1. The third kappa shape index (κ3) is 6.30. The molecular formula is C16H19BCl2N2O5. The maximum Gasteiger partial charge on any atom is 0.635 e. The number of amides is 2. The van der Waals surface area contributed by atoms with Crippen LogP contribution in [-0.2, 0) is 20.7 Å². The van der Waals surface area contributed by atoms with E-state index in [0.29, 0.717) is 15.6 Å². The van der Waals surface area contributed by atoms with E-state index < -0.39 is 19.5 Å². The fourth-order valence-corrected chi connectivity index (χ4v) is 2.92. The topological polar surface area (TPSA) is 99.1 Å². The number of hydrogen-bond acceptors (Lipinski definition) is 5. The molecule has 2 rings (SSSR count). The van der Waals surface area contributed by atoms with E-state index in [2.05, 4.69) is 11.9 Å². The van der Waals surface area contributed by atoms with E-state index >= 15 is 0 Å². The highest BCUT2D eigenvalue weighted by molar-refractivity contribution is 6.35. The highest BCUT2D eigenvalue weighted by Gasteiger charge is 2.33. The Labute approximate surface area is 161 Å². The lowest BCUT2D eigenvalue weighted by molar-refractivity contribution is -0.134. The average Bonchev–Trinajstić information content (AvgIpc) is 3.38. The second kappa shape index (κ2) is 9.39. The first-order valence-corrected chi connectivity index (χ1v) is 8.73. The molecule has 10 heteroatoms. The van der Waals surface area contributed by atoms with Crippen molar-refractivity contribution in [1.82, 2.24) is 10.2 Å². The van der Waals surface area contributed by atoms with Crippen molar-refractivity contribution in [2.45, 2.75) is 31.5 Å². The van der Waals surface area contributed by atoms with Crippen LogP contribution >= 0.6 is 23.2 Å². The third-order valence-corrected chi connectivity index (χ3v) is 4.37. The number of nitrogens with one attached hydrogen (secondary N) is 1. The second-order valence-electron chi connectivity index (χ2n) is 5.86. The summed E-state index contributed by atoms with van der Waals surface area (Å²) >= 11 is 11.9. The predicted molar refractivity (Wildman–Crippen MR) is 98.3 cm³/mol. The Morgan fingerprint density at radius 1 is 1.42 bits per heavy atom. The lowest BCUT2D eigenvalue weighted by atomic mass is 10.1. The summed E-state index contributed by atoms with van der Waals surface area (Å²) in [6.45, 7) is 3.26. The summed E-state index contributed by atoms with van der Waals surface area (Å²) in [5.41, 5.74) is 0.600. The van der Waals surface area contributed by atoms with Gasteiger partial charge in [0.2, 0.25) is 11.8 Å². The van der Waals surface area contributed by atoms with Crippen LogP contribution in [0.1, 0.15) is 18.4 Å². The van der Waals surface area contributed by atoms with Crippen molar-refractivity contribution < 1.29 is 24.3 Å². The third-order valence-electron chi connectivity index (χ3n) is 3.79. The Hall–Kier alpha value is -1.58. The first-order valence-electron chi connectivity index (χ1n) is 7.98. The van der Waals surface area contributed by atoms with Crippen LogP contribution in [0.15, 0.2) is 30.9 Å². The first-order chi connectivity index (χ1) is 12.3. The van der Waals surface area contributed by atoms with Crippen molar-refractivity contribution in [3.8, 4) is 0 Å². The second-order valence-corrected chi connectivity index (χ2v) is 6.70.